The summed E-state index contributed by atoms with van der Waals surface area (Å²) in [4.78, 5) is 24.0. The van der Waals surface area contributed by atoms with Crippen molar-refractivity contribution in [1.29, 1.82) is 0 Å². The minimum absolute atomic E-state index is 0.0958. The minimum Gasteiger partial charge on any atom is -0.491 e. The van der Waals surface area contributed by atoms with E-state index in [1.54, 1.807) is 0 Å². The molecule has 0 spiro atoms. The van der Waals surface area contributed by atoms with Crippen LogP contribution in [0.25, 0.3) is 0 Å². The number of hydrogen-bond donors (Lipinski definition) is 0. The van der Waals surface area contributed by atoms with Gasteiger partial charge in [0.1, 0.15) is 11.9 Å². The van der Waals surface area contributed by atoms with E-state index in [4.69, 9.17) is 28.8 Å². The summed E-state index contributed by atoms with van der Waals surface area (Å²) >= 11 is 0. The van der Waals surface area contributed by atoms with Gasteiger partial charge in [-0.25, -0.2) is 0 Å². The second-order valence-electron chi connectivity index (χ2n) is 10.5. The van der Waals surface area contributed by atoms with E-state index in [2.05, 4.69) is 13.8 Å². The molecule has 0 aliphatic carbocycles. The minimum atomic E-state index is -1.00. The number of aromatic nitrogens is 2. The van der Waals surface area contributed by atoms with Crippen molar-refractivity contribution in [3.05, 3.63) is 41.1 Å². The molecule has 3 rings (SSSR count). The Kier molecular flexibility index (Phi) is 9.82. The summed E-state index contributed by atoms with van der Waals surface area (Å²) in [6.07, 6.45) is -1.59. The molecule has 1 aromatic carbocycles. The molecular formula is C29H42N2O7. The number of esters is 2. The first kappa shape index (κ1) is 29.5. The Morgan fingerprint density at radius 3 is 2.16 bits per heavy atom. The molecule has 38 heavy (non-hydrogen) atoms. The fraction of sp³-hybridized carbons (Fsp3) is 0.621. The highest BCUT2D eigenvalue weighted by Crippen LogP contribution is 2.35. The Balaban J connectivity index is 1.97. The third-order valence-corrected chi connectivity index (χ3v) is 6.64. The number of ether oxygens (including phenoxy) is 5. The Hall–Kier alpha value is -3.07. The predicted octanol–water partition coefficient (Wildman–Crippen LogP) is 5.16. The van der Waals surface area contributed by atoms with Gasteiger partial charge in [0.2, 0.25) is 18.3 Å². The third-order valence-electron chi connectivity index (χ3n) is 6.64. The second kappa shape index (κ2) is 12.7. The molecule has 1 saturated heterocycles. The highest BCUT2D eigenvalue weighted by atomic mass is 16.7. The zero-order chi connectivity index (χ0) is 28.1. The summed E-state index contributed by atoms with van der Waals surface area (Å²) < 4.78 is 31.6. The molecule has 0 radical (unpaired) electrons. The summed E-state index contributed by atoms with van der Waals surface area (Å²) in [5.41, 5.74) is 2.93. The van der Waals surface area contributed by atoms with Gasteiger partial charge in [-0.2, -0.15) is 0 Å². The fourth-order valence-electron chi connectivity index (χ4n) is 4.88. The lowest BCUT2D eigenvalue weighted by atomic mass is 9.89. The standard InChI is InChI=1S/C29H42N2O7/c1-10-25-18(6)26(35-20(8)32)27(36-21(9)33)29(37-25)38-28-24(19(7)31(30-28)16(2)3)15-22-11-13-23(14-12-22)34-17(4)5/h11-14,16-18,25-27,29H,10,15H2,1-9H3/t18-,25-,26+,27-,29+/m1/s1. The molecule has 0 amide bonds. The average Bonchev–Trinajstić information content (AvgIpc) is 3.13. The lowest BCUT2D eigenvalue weighted by Crippen LogP contribution is -2.58. The van der Waals surface area contributed by atoms with Gasteiger partial charge >= 0.3 is 11.9 Å². The van der Waals surface area contributed by atoms with Gasteiger partial charge in [-0.15, -0.1) is 5.10 Å². The largest absolute Gasteiger partial charge is 0.491 e. The van der Waals surface area contributed by atoms with Gasteiger partial charge in [0.15, 0.2) is 0 Å². The maximum absolute atomic E-state index is 12.0. The molecule has 210 valence electrons. The molecule has 1 aliphatic rings. The lowest BCUT2D eigenvalue weighted by Gasteiger charge is -2.43. The van der Waals surface area contributed by atoms with Crippen LogP contribution in [0.15, 0.2) is 24.3 Å². The summed E-state index contributed by atoms with van der Waals surface area (Å²) in [6, 6.07) is 8.06. The van der Waals surface area contributed by atoms with Gasteiger partial charge in [-0.05, 0) is 58.7 Å². The smallest absolute Gasteiger partial charge is 0.303 e. The first-order valence-electron chi connectivity index (χ1n) is 13.4. The van der Waals surface area contributed by atoms with Crippen LogP contribution in [0.4, 0.5) is 0 Å². The van der Waals surface area contributed by atoms with Crippen molar-refractivity contribution in [1.82, 2.24) is 9.78 Å². The quantitative estimate of drug-likeness (QED) is 0.389. The molecule has 9 heteroatoms. The maximum Gasteiger partial charge on any atom is 0.303 e. The Morgan fingerprint density at radius 2 is 1.63 bits per heavy atom. The summed E-state index contributed by atoms with van der Waals surface area (Å²) in [6.45, 7) is 16.7. The topological polar surface area (TPSA) is 98.1 Å². The highest BCUT2D eigenvalue weighted by Gasteiger charge is 2.49. The van der Waals surface area contributed by atoms with E-state index in [9.17, 15) is 9.59 Å². The van der Waals surface area contributed by atoms with E-state index in [1.807, 2.05) is 63.6 Å². The van der Waals surface area contributed by atoms with Crippen LogP contribution in [0.1, 0.15) is 84.7 Å². The number of rotatable bonds is 10. The molecular weight excluding hydrogens is 488 g/mol. The first-order valence-corrected chi connectivity index (χ1v) is 13.4. The molecule has 1 aromatic heterocycles. The van der Waals surface area contributed by atoms with Gasteiger partial charge in [0.25, 0.3) is 0 Å². The van der Waals surface area contributed by atoms with Crippen molar-refractivity contribution in [2.75, 3.05) is 0 Å². The van der Waals surface area contributed by atoms with E-state index in [0.29, 0.717) is 18.7 Å². The van der Waals surface area contributed by atoms with Crippen molar-refractivity contribution in [3.8, 4) is 11.6 Å². The lowest BCUT2D eigenvalue weighted by molar-refractivity contribution is -0.267. The summed E-state index contributed by atoms with van der Waals surface area (Å²) in [5, 5.41) is 4.77. The average molecular weight is 531 g/mol. The van der Waals surface area contributed by atoms with Crippen molar-refractivity contribution in [2.24, 2.45) is 5.92 Å². The molecule has 0 unspecified atom stereocenters. The number of carbonyl (C=O) groups is 2. The van der Waals surface area contributed by atoms with Crippen molar-refractivity contribution >= 4 is 11.9 Å². The van der Waals surface area contributed by atoms with E-state index in [1.165, 1.54) is 13.8 Å². The highest BCUT2D eigenvalue weighted by molar-refractivity contribution is 5.67. The van der Waals surface area contributed by atoms with Crippen LogP contribution in [0.3, 0.4) is 0 Å². The van der Waals surface area contributed by atoms with Crippen LogP contribution in [0, 0.1) is 12.8 Å². The monoisotopic (exact) mass is 530 g/mol. The predicted molar refractivity (Wildman–Crippen MR) is 142 cm³/mol. The van der Waals surface area contributed by atoms with E-state index >= 15 is 0 Å². The van der Waals surface area contributed by atoms with Crippen LogP contribution in [0.2, 0.25) is 0 Å². The molecule has 5 atom stereocenters. The van der Waals surface area contributed by atoms with E-state index in [-0.39, 0.29) is 24.2 Å². The van der Waals surface area contributed by atoms with Gasteiger partial charge in [0, 0.05) is 43.5 Å². The SMILES string of the molecule is CC[C@H]1O[C@@H](Oc2nn(C(C)C)c(C)c2Cc2ccc(OC(C)C)cc2)[C@H](OC(C)=O)[C@@H](OC(C)=O)[C@@H]1C. The number of benzene rings is 1. The zero-order valence-corrected chi connectivity index (χ0v) is 24.0. The normalized spacial score (nSPS) is 23.4. The molecule has 9 nitrogen and oxygen atoms in total. The van der Waals surface area contributed by atoms with Crippen LogP contribution >= 0.6 is 0 Å². The Morgan fingerprint density at radius 1 is 1.03 bits per heavy atom. The molecule has 0 N–H and O–H groups in total. The molecule has 1 fully saturated rings. The second-order valence-corrected chi connectivity index (χ2v) is 10.5. The van der Waals surface area contributed by atoms with E-state index < -0.39 is 30.4 Å². The van der Waals surface area contributed by atoms with Crippen LogP contribution in [-0.2, 0) is 30.2 Å². The maximum atomic E-state index is 12.0. The molecule has 2 heterocycles. The first-order chi connectivity index (χ1) is 17.9. The van der Waals surface area contributed by atoms with Crippen LogP contribution < -0.4 is 9.47 Å². The number of hydrogen-bond acceptors (Lipinski definition) is 8. The van der Waals surface area contributed by atoms with Crippen molar-refractivity contribution in [3.63, 3.8) is 0 Å². The third kappa shape index (κ3) is 7.07. The van der Waals surface area contributed by atoms with Crippen LogP contribution in [-0.4, -0.2) is 52.4 Å². The fourth-order valence-corrected chi connectivity index (χ4v) is 4.88. The molecule has 2 aromatic rings. The van der Waals surface area contributed by atoms with Crippen molar-refractivity contribution in [2.45, 2.75) is 112 Å². The summed E-state index contributed by atoms with van der Waals surface area (Å²) in [5.74, 6) is 0.0335. The number of carbonyl (C=O) groups excluding carboxylic acids is 2. The van der Waals surface area contributed by atoms with Crippen molar-refractivity contribution < 1.29 is 33.3 Å². The summed E-state index contributed by atoms with van der Waals surface area (Å²) in [7, 11) is 0. The van der Waals surface area contributed by atoms with Crippen LogP contribution in [0.5, 0.6) is 11.6 Å². The molecule has 1 aliphatic heterocycles. The van der Waals surface area contributed by atoms with Gasteiger partial charge in [-0.1, -0.05) is 26.0 Å². The van der Waals surface area contributed by atoms with Gasteiger partial charge < -0.3 is 23.7 Å². The zero-order valence-electron chi connectivity index (χ0n) is 24.0. The van der Waals surface area contributed by atoms with E-state index in [0.717, 1.165) is 22.6 Å². The number of nitrogens with zero attached hydrogens (tertiary/aromatic N) is 2. The Bertz CT molecular complexity index is 1090. The van der Waals surface area contributed by atoms with Gasteiger partial charge in [0.05, 0.1) is 12.2 Å². The molecule has 0 bridgehead atoms. The Labute approximate surface area is 225 Å². The molecule has 0 saturated carbocycles. The van der Waals surface area contributed by atoms with Gasteiger partial charge in [-0.3, -0.25) is 14.3 Å².